The number of benzene rings is 1. The Kier molecular flexibility index (Phi) is 4.91. The van der Waals surface area contributed by atoms with E-state index in [-0.39, 0.29) is 5.91 Å². The molecule has 3 heteroatoms. The lowest BCUT2D eigenvalue weighted by Gasteiger charge is -2.35. The molecule has 2 aliphatic rings. The van der Waals surface area contributed by atoms with Gasteiger partial charge in [-0.15, -0.1) is 0 Å². The predicted molar refractivity (Wildman–Crippen MR) is 90.0 cm³/mol. The maximum Gasteiger partial charge on any atom is 0.271 e. The summed E-state index contributed by atoms with van der Waals surface area (Å²) in [5.74, 6) is 1.62. The van der Waals surface area contributed by atoms with E-state index >= 15 is 0 Å². The number of aryl methyl sites for hydroxylation is 1. The zero-order valence-electron chi connectivity index (χ0n) is 13.5. The van der Waals surface area contributed by atoms with Crippen molar-refractivity contribution in [2.24, 2.45) is 16.9 Å². The van der Waals surface area contributed by atoms with Crippen molar-refractivity contribution in [2.75, 3.05) is 0 Å². The maximum atomic E-state index is 12.2. The summed E-state index contributed by atoms with van der Waals surface area (Å²) in [6, 6.07) is 7.78. The number of fused-ring (bicyclic) bond motifs is 1. The molecular weight excluding hydrogens is 272 g/mol. The van der Waals surface area contributed by atoms with Crippen LogP contribution in [0, 0.1) is 11.8 Å². The Balaban J connectivity index is 1.57. The van der Waals surface area contributed by atoms with Gasteiger partial charge in [-0.3, -0.25) is 4.79 Å². The van der Waals surface area contributed by atoms with Crippen LogP contribution in [0.2, 0.25) is 0 Å². The van der Waals surface area contributed by atoms with E-state index in [9.17, 15) is 4.79 Å². The zero-order valence-corrected chi connectivity index (χ0v) is 13.5. The van der Waals surface area contributed by atoms with Crippen LogP contribution in [0.3, 0.4) is 0 Å². The lowest BCUT2D eigenvalue weighted by atomic mass is 9.70. The van der Waals surface area contributed by atoms with Gasteiger partial charge in [-0.25, -0.2) is 5.43 Å². The Labute approximate surface area is 133 Å². The Morgan fingerprint density at radius 2 is 1.86 bits per heavy atom. The largest absolute Gasteiger partial charge is 0.271 e. The average Bonchev–Trinajstić information content (AvgIpc) is 2.59. The van der Waals surface area contributed by atoms with Crippen molar-refractivity contribution in [1.82, 2.24) is 5.43 Å². The summed E-state index contributed by atoms with van der Waals surface area (Å²) < 4.78 is 0. The first-order chi connectivity index (χ1) is 10.8. The third kappa shape index (κ3) is 3.57. The van der Waals surface area contributed by atoms with E-state index in [2.05, 4.69) is 17.5 Å². The van der Waals surface area contributed by atoms with Gasteiger partial charge in [0.05, 0.1) is 0 Å². The summed E-state index contributed by atoms with van der Waals surface area (Å²) in [7, 11) is 0. The Bertz CT molecular complexity index is 547. The molecule has 0 saturated heterocycles. The highest BCUT2D eigenvalue weighted by molar-refractivity contribution is 5.95. The molecule has 2 atom stereocenters. The first kappa shape index (κ1) is 15.3. The van der Waals surface area contributed by atoms with Crippen LogP contribution in [0.15, 0.2) is 29.4 Å². The van der Waals surface area contributed by atoms with E-state index in [1.807, 2.05) is 24.3 Å². The van der Waals surface area contributed by atoms with Gasteiger partial charge in [0.15, 0.2) is 0 Å². The second kappa shape index (κ2) is 7.08. The van der Waals surface area contributed by atoms with Crippen molar-refractivity contribution in [3.8, 4) is 0 Å². The summed E-state index contributed by atoms with van der Waals surface area (Å²) in [5, 5.41) is 4.41. The smallest absolute Gasteiger partial charge is 0.267 e. The molecule has 0 bridgehead atoms. The predicted octanol–water partition coefficient (Wildman–Crippen LogP) is 4.33. The molecule has 2 fully saturated rings. The van der Waals surface area contributed by atoms with Crippen LogP contribution < -0.4 is 5.43 Å². The minimum Gasteiger partial charge on any atom is -0.267 e. The van der Waals surface area contributed by atoms with Crippen LogP contribution in [-0.2, 0) is 6.42 Å². The topological polar surface area (TPSA) is 41.5 Å². The van der Waals surface area contributed by atoms with E-state index in [0.717, 1.165) is 31.1 Å². The Hall–Kier alpha value is -1.64. The van der Waals surface area contributed by atoms with Crippen LogP contribution in [0.25, 0.3) is 0 Å². The second-order valence-electron chi connectivity index (χ2n) is 6.72. The number of rotatable bonds is 3. The summed E-state index contributed by atoms with van der Waals surface area (Å²) in [4.78, 5) is 12.2. The fourth-order valence-corrected chi connectivity index (χ4v) is 3.88. The molecule has 1 N–H and O–H groups in total. The van der Waals surface area contributed by atoms with Gasteiger partial charge in [0.1, 0.15) is 0 Å². The second-order valence-corrected chi connectivity index (χ2v) is 6.72. The lowest BCUT2D eigenvalue weighted by molar-refractivity contribution is 0.0954. The minimum absolute atomic E-state index is 0.0964. The summed E-state index contributed by atoms with van der Waals surface area (Å²) in [6.45, 7) is 2.11. The number of carbonyl (C=O) groups is 1. The SMILES string of the molecule is CCc1ccc(C(=O)N/N=C2/CC[C@@H]3CCCC[C@H]3C2)cc1. The summed E-state index contributed by atoms with van der Waals surface area (Å²) >= 11 is 0. The first-order valence-corrected chi connectivity index (χ1v) is 8.71. The molecule has 3 rings (SSSR count). The molecule has 0 spiro atoms. The molecule has 1 aromatic carbocycles. The van der Waals surface area contributed by atoms with E-state index in [1.165, 1.54) is 43.4 Å². The van der Waals surface area contributed by atoms with Crippen LogP contribution in [0.4, 0.5) is 0 Å². The van der Waals surface area contributed by atoms with Gasteiger partial charge in [-0.05, 0) is 61.6 Å². The molecular formula is C19H26N2O. The van der Waals surface area contributed by atoms with E-state index in [1.54, 1.807) is 0 Å². The van der Waals surface area contributed by atoms with Crippen molar-refractivity contribution in [2.45, 2.75) is 58.3 Å². The number of hydrogen-bond acceptors (Lipinski definition) is 2. The van der Waals surface area contributed by atoms with Crippen LogP contribution in [-0.4, -0.2) is 11.6 Å². The molecule has 2 aliphatic carbocycles. The average molecular weight is 298 g/mol. The van der Waals surface area contributed by atoms with Crippen LogP contribution in [0.5, 0.6) is 0 Å². The van der Waals surface area contributed by atoms with E-state index in [4.69, 9.17) is 0 Å². The molecule has 1 aromatic rings. The van der Waals surface area contributed by atoms with Crippen molar-refractivity contribution in [1.29, 1.82) is 0 Å². The maximum absolute atomic E-state index is 12.2. The summed E-state index contributed by atoms with van der Waals surface area (Å²) in [5.41, 5.74) is 5.87. The molecule has 0 aliphatic heterocycles. The van der Waals surface area contributed by atoms with Crippen molar-refractivity contribution in [3.05, 3.63) is 35.4 Å². The van der Waals surface area contributed by atoms with E-state index < -0.39 is 0 Å². The molecule has 0 radical (unpaired) electrons. The number of hydrogen-bond donors (Lipinski definition) is 1. The highest BCUT2D eigenvalue weighted by Gasteiger charge is 2.30. The van der Waals surface area contributed by atoms with Gasteiger partial charge < -0.3 is 0 Å². The van der Waals surface area contributed by atoms with Gasteiger partial charge in [0.25, 0.3) is 5.91 Å². The fraction of sp³-hybridized carbons (Fsp3) is 0.579. The Morgan fingerprint density at radius 1 is 1.14 bits per heavy atom. The third-order valence-electron chi connectivity index (χ3n) is 5.31. The molecule has 2 saturated carbocycles. The van der Waals surface area contributed by atoms with Crippen molar-refractivity contribution >= 4 is 11.6 Å². The Morgan fingerprint density at radius 3 is 2.59 bits per heavy atom. The molecule has 118 valence electrons. The fourth-order valence-electron chi connectivity index (χ4n) is 3.88. The van der Waals surface area contributed by atoms with Gasteiger partial charge in [0, 0.05) is 11.3 Å². The molecule has 0 unspecified atom stereocenters. The van der Waals surface area contributed by atoms with Crippen molar-refractivity contribution in [3.63, 3.8) is 0 Å². The number of nitrogens with zero attached hydrogens (tertiary/aromatic N) is 1. The van der Waals surface area contributed by atoms with Gasteiger partial charge in [-0.1, -0.05) is 38.3 Å². The first-order valence-electron chi connectivity index (χ1n) is 8.71. The van der Waals surface area contributed by atoms with Gasteiger partial charge in [0.2, 0.25) is 0 Å². The number of hydrazone groups is 1. The molecule has 0 aromatic heterocycles. The van der Waals surface area contributed by atoms with Crippen molar-refractivity contribution < 1.29 is 4.79 Å². The molecule has 3 nitrogen and oxygen atoms in total. The van der Waals surface area contributed by atoms with Crippen LogP contribution in [0.1, 0.15) is 67.8 Å². The monoisotopic (exact) mass is 298 g/mol. The zero-order chi connectivity index (χ0) is 15.4. The van der Waals surface area contributed by atoms with E-state index in [0.29, 0.717) is 5.56 Å². The third-order valence-corrected chi connectivity index (χ3v) is 5.31. The number of carbonyl (C=O) groups excluding carboxylic acids is 1. The number of nitrogens with one attached hydrogen (secondary N) is 1. The van der Waals surface area contributed by atoms with Gasteiger partial charge >= 0.3 is 0 Å². The summed E-state index contributed by atoms with van der Waals surface area (Å²) in [6.07, 6.45) is 9.89. The quantitative estimate of drug-likeness (QED) is 0.829. The lowest BCUT2D eigenvalue weighted by Crippen LogP contribution is -2.29. The highest BCUT2D eigenvalue weighted by atomic mass is 16.2. The van der Waals surface area contributed by atoms with Gasteiger partial charge in [-0.2, -0.15) is 5.10 Å². The molecule has 0 heterocycles. The molecule has 1 amide bonds. The normalized spacial score (nSPS) is 26.5. The standard InChI is InChI=1S/C19H26N2O/c1-2-14-7-9-16(10-8-14)19(22)21-20-18-12-11-15-5-3-4-6-17(15)13-18/h7-10,15,17H,2-6,11-13H2,1H3,(H,21,22)/b20-18-/t15-,17-/m0/s1. The van der Waals surface area contributed by atoms with Crippen LogP contribution >= 0.6 is 0 Å². The highest BCUT2D eigenvalue weighted by Crippen LogP contribution is 2.39. The number of amides is 1. The molecule has 22 heavy (non-hydrogen) atoms. The minimum atomic E-state index is -0.0964.